The SMILES string of the molecule is O=[SH](=O)Cc1ccc(-n2cc(C(F)(F)F)nc2-c2cccc(Cl)c2)cc1. The molecule has 0 amide bonds. The van der Waals surface area contributed by atoms with E-state index in [1.807, 2.05) is 0 Å². The van der Waals surface area contributed by atoms with Crippen molar-refractivity contribution >= 4 is 22.3 Å². The minimum atomic E-state index is -4.60. The summed E-state index contributed by atoms with van der Waals surface area (Å²) in [7, 11) is -2.58. The molecule has 0 N–H and O–H groups in total. The van der Waals surface area contributed by atoms with Crippen molar-refractivity contribution in [1.82, 2.24) is 9.55 Å². The van der Waals surface area contributed by atoms with Crippen LogP contribution in [0.4, 0.5) is 13.2 Å². The number of hydrogen-bond donors (Lipinski definition) is 1. The molecule has 0 aliphatic rings. The normalized spacial score (nSPS) is 11.9. The molecule has 136 valence electrons. The fourth-order valence-corrected chi connectivity index (χ4v) is 3.16. The lowest BCUT2D eigenvalue weighted by Crippen LogP contribution is -2.05. The summed E-state index contributed by atoms with van der Waals surface area (Å²) in [5.74, 6) is -0.0448. The summed E-state index contributed by atoms with van der Waals surface area (Å²) >= 11 is 5.94. The first-order valence-corrected chi connectivity index (χ1v) is 9.12. The molecule has 1 aromatic heterocycles. The van der Waals surface area contributed by atoms with Crippen LogP contribution in [0, 0.1) is 0 Å². The van der Waals surface area contributed by atoms with Crippen LogP contribution < -0.4 is 0 Å². The largest absolute Gasteiger partial charge is 0.434 e. The first-order chi connectivity index (χ1) is 12.2. The van der Waals surface area contributed by atoms with E-state index in [9.17, 15) is 21.6 Å². The van der Waals surface area contributed by atoms with Gasteiger partial charge in [-0.1, -0.05) is 35.9 Å². The smallest absolute Gasteiger partial charge is 0.299 e. The number of alkyl halides is 3. The third kappa shape index (κ3) is 4.08. The molecular formula is C17H12ClF3N2O2S. The monoisotopic (exact) mass is 400 g/mol. The standard InChI is InChI=1S/C17H12ClF3N2O2S/c18-13-3-1-2-12(8-13)16-22-15(17(19,20)21)9-23(16)14-6-4-11(5-7-14)10-26(24)25/h1-9,26H,10H2. The zero-order valence-corrected chi connectivity index (χ0v) is 14.7. The predicted molar refractivity (Wildman–Crippen MR) is 93.0 cm³/mol. The topological polar surface area (TPSA) is 52.0 Å². The molecular weight excluding hydrogens is 389 g/mol. The van der Waals surface area contributed by atoms with Gasteiger partial charge in [-0.05, 0) is 29.8 Å². The second kappa shape index (κ2) is 7.13. The van der Waals surface area contributed by atoms with Crippen LogP contribution >= 0.6 is 11.6 Å². The summed E-state index contributed by atoms with van der Waals surface area (Å²) in [6, 6.07) is 12.6. The summed E-state index contributed by atoms with van der Waals surface area (Å²) < 4.78 is 62.3. The number of thiol groups is 1. The highest BCUT2D eigenvalue weighted by Gasteiger charge is 2.35. The molecule has 0 atom stereocenters. The molecule has 0 radical (unpaired) electrons. The number of benzene rings is 2. The molecule has 0 unspecified atom stereocenters. The Bertz CT molecular complexity index is 1000. The van der Waals surface area contributed by atoms with Gasteiger partial charge in [0.25, 0.3) is 0 Å². The van der Waals surface area contributed by atoms with Crippen molar-refractivity contribution < 1.29 is 21.6 Å². The van der Waals surface area contributed by atoms with Crippen molar-refractivity contribution in [2.24, 2.45) is 0 Å². The minimum absolute atomic E-state index is 0.0856. The zero-order valence-electron chi connectivity index (χ0n) is 13.1. The predicted octanol–water partition coefficient (Wildman–Crippen LogP) is 4.32. The van der Waals surface area contributed by atoms with Gasteiger partial charge in [-0.15, -0.1) is 0 Å². The third-order valence-corrected chi connectivity index (χ3v) is 4.46. The Morgan fingerprint density at radius 2 is 1.77 bits per heavy atom. The van der Waals surface area contributed by atoms with Crippen LogP contribution in [0.15, 0.2) is 54.7 Å². The Kier molecular flexibility index (Phi) is 5.06. The molecule has 0 saturated carbocycles. The van der Waals surface area contributed by atoms with Crippen molar-refractivity contribution in [3.63, 3.8) is 0 Å². The molecule has 9 heteroatoms. The average molecular weight is 401 g/mol. The van der Waals surface area contributed by atoms with Gasteiger partial charge < -0.3 is 0 Å². The summed E-state index contributed by atoms with van der Waals surface area (Å²) in [5.41, 5.74) is 0.372. The molecule has 0 fully saturated rings. The summed E-state index contributed by atoms with van der Waals surface area (Å²) in [6.07, 6.45) is -3.70. The fraction of sp³-hybridized carbons (Fsp3) is 0.118. The fourth-order valence-electron chi connectivity index (χ4n) is 2.46. The maximum absolute atomic E-state index is 13.1. The minimum Gasteiger partial charge on any atom is -0.299 e. The van der Waals surface area contributed by atoms with Crippen molar-refractivity contribution in [1.29, 1.82) is 0 Å². The summed E-state index contributed by atoms with van der Waals surface area (Å²) in [4.78, 5) is 3.72. The summed E-state index contributed by atoms with van der Waals surface area (Å²) in [6.45, 7) is 0. The Balaban J connectivity index is 2.12. The highest BCUT2D eigenvalue weighted by molar-refractivity contribution is 7.71. The number of rotatable bonds is 4. The second-order valence-corrected chi connectivity index (χ2v) is 6.90. The van der Waals surface area contributed by atoms with E-state index in [1.165, 1.54) is 10.6 Å². The van der Waals surface area contributed by atoms with Gasteiger partial charge in [0, 0.05) is 22.5 Å². The van der Waals surface area contributed by atoms with E-state index in [0.29, 0.717) is 21.8 Å². The number of halogens is 4. The zero-order chi connectivity index (χ0) is 18.9. The highest BCUT2D eigenvalue weighted by Crippen LogP contribution is 2.33. The lowest BCUT2D eigenvalue weighted by Gasteiger charge is -2.09. The van der Waals surface area contributed by atoms with Crippen LogP contribution in [-0.4, -0.2) is 18.0 Å². The van der Waals surface area contributed by atoms with Crippen molar-refractivity contribution in [2.45, 2.75) is 11.9 Å². The van der Waals surface area contributed by atoms with Gasteiger partial charge >= 0.3 is 6.18 Å². The Hall–Kier alpha value is -2.32. The second-order valence-electron chi connectivity index (χ2n) is 5.49. The molecule has 1 heterocycles. The van der Waals surface area contributed by atoms with Crippen molar-refractivity contribution in [3.8, 4) is 17.1 Å². The van der Waals surface area contributed by atoms with Crippen LogP contribution in [0.25, 0.3) is 17.1 Å². The van der Waals surface area contributed by atoms with Gasteiger partial charge in [0.15, 0.2) is 5.69 Å². The van der Waals surface area contributed by atoms with E-state index in [0.717, 1.165) is 6.20 Å². The van der Waals surface area contributed by atoms with Crippen LogP contribution in [0.3, 0.4) is 0 Å². The van der Waals surface area contributed by atoms with Gasteiger partial charge in [0.2, 0.25) is 0 Å². The van der Waals surface area contributed by atoms with Gasteiger partial charge in [-0.3, -0.25) is 4.57 Å². The average Bonchev–Trinajstić information content (AvgIpc) is 3.00. The number of hydrogen-bond acceptors (Lipinski definition) is 3. The van der Waals surface area contributed by atoms with E-state index < -0.39 is 22.6 Å². The van der Waals surface area contributed by atoms with Crippen LogP contribution in [-0.2, 0) is 22.6 Å². The van der Waals surface area contributed by atoms with E-state index in [-0.39, 0.29) is 11.6 Å². The molecule has 4 nitrogen and oxygen atoms in total. The van der Waals surface area contributed by atoms with Gasteiger partial charge in [-0.25, -0.2) is 13.4 Å². The molecule has 2 aromatic carbocycles. The third-order valence-electron chi connectivity index (χ3n) is 3.61. The van der Waals surface area contributed by atoms with E-state index >= 15 is 0 Å². The molecule has 26 heavy (non-hydrogen) atoms. The Morgan fingerprint density at radius 1 is 1.08 bits per heavy atom. The Labute approximate surface area is 153 Å². The van der Waals surface area contributed by atoms with Gasteiger partial charge in [0.05, 0.1) is 5.75 Å². The number of aromatic nitrogens is 2. The molecule has 0 bridgehead atoms. The van der Waals surface area contributed by atoms with Crippen LogP contribution in [0.5, 0.6) is 0 Å². The van der Waals surface area contributed by atoms with Crippen LogP contribution in [0.2, 0.25) is 5.02 Å². The molecule has 0 saturated heterocycles. The molecule has 0 aliphatic heterocycles. The van der Waals surface area contributed by atoms with Crippen molar-refractivity contribution in [3.05, 3.63) is 71.0 Å². The molecule has 0 aliphatic carbocycles. The quantitative estimate of drug-likeness (QED) is 0.663. The first-order valence-electron chi connectivity index (χ1n) is 7.37. The number of imidazole rings is 1. The van der Waals surface area contributed by atoms with Crippen LogP contribution in [0.1, 0.15) is 11.3 Å². The highest BCUT2D eigenvalue weighted by atomic mass is 35.5. The van der Waals surface area contributed by atoms with Crippen molar-refractivity contribution in [2.75, 3.05) is 0 Å². The molecule has 0 spiro atoms. The first kappa shape index (κ1) is 18.5. The van der Waals surface area contributed by atoms with Gasteiger partial charge in [0.1, 0.15) is 16.5 Å². The lowest BCUT2D eigenvalue weighted by molar-refractivity contribution is -0.140. The van der Waals surface area contributed by atoms with E-state index in [2.05, 4.69) is 4.98 Å². The van der Waals surface area contributed by atoms with E-state index in [1.54, 1.807) is 42.5 Å². The summed E-state index contributed by atoms with van der Waals surface area (Å²) in [5, 5.41) is 0.375. The maximum Gasteiger partial charge on any atom is 0.434 e. The molecule has 3 rings (SSSR count). The Morgan fingerprint density at radius 3 is 2.35 bits per heavy atom. The molecule has 3 aromatic rings. The lowest BCUT2D eigenvalue weighted by atomic mass is 10.2. The number of nitrogens with zero attached hydrogens (tertiary/aromatic N) is 2. The van der Waals surface area contributed by atoms with E-state index in [4.69, 9.17) is 11.6 Å². The maximum atomic E-state index is 13.1. The van der Waals surface area contributed by atoms with Gasteiger partial charge in [-0.2, -0.15) is 13.2 Å².